The van der Waals surface area contributed by atoms with Crippen molar-refractivity contribution in [2.75, 3.05) is 7.11 Å². The lowest BCUT2D eigenvalue weighted by atomic mass is 10.2. The predicted octanol–water partition coefficient (Wildman–Crippen LogP) is 4.27. The molecule has 0 radical (unpaired) electrons. The van der Waals surface area contributed by atoms with Crippen LogP contribution in [0.3, 0.4) is 0 Å². The highest BCUT2D eigenvalue weighted by molar-refractivity contribution is 9.10. The zero-order valence-electron chi connectivity index (χ0n) is 10.1. The van der Waals surface area contributed by atoms with E-state index < -0.39 is 0 Å². The molecule has 1 rings (SSSR count). The molecule has 0 spiro atoms. The Balaban J connectivity index is 2.64. The highest BCUT2D eigenvalue weighted by Gasteiger charge is 2.19. The zero-order chi connectivity index (χ0) is 12.7. The Morgan fingerprint density at radius 1 is 1.41 bits per heavy atom. The van der Waals surface area contributed by atoms with Gasteiger partial charge in [0, 0.05) is 9.37 Å². The number of halogens is 1. The highest BCUT2D eigenvalue weighted by Crippen LogP contribution is 2.28. The van der Waals surface area contributed by atoms with E-state index in [9.17, 15) is 4.79 Å². The maximum atomic E-state index is 11.6. The van der Waals surface area contributed by atoms with Crippen molar-refractivity contribution in [3.05, 3.63) is 28.7 Å². The third kappa shape index (κ3) is 5.13. The monoisotopic (exact) mass is 316 g/mol. The highest BCUT2D eigenvalue weighted by atomic mass is 79.9. The Labute approximate surface area is 115 Å². The summed E-state index contributed by atoms with van der Waals surface area (Å²) in [7, 11) is 1.45. The minimum atomic E-state index is -0.133. The number of hydrogen-bond acceptors (Lipinski definition) is 3. The molecular formula is C13H17BrO2S. The van der Waals surface area contributed by atoms with Gasteiger partial charge >= 0.3 is 5.97 Å². The molecule has 1 aromatic rings. The smallest absolute Gasteiger partial charge is 0.319 e. The lowest BCUT2D eigenvalue weighted by Gasteiger charge is -2.13. The van der Waals surface area contributed by atoms with Crippen LogP contribution in [0, 0.1) is 0 Å². The number of esters is 1. The molecule has 0 bridgehead atoms. The quantitative estimate of drug-likeness (QED) is 0.579. The van der Waals surface area contributed by atoms with Crippen LogP contribution in [-0.4, -0.2) is 18.3 Å². The van der Waals surface area contributed by atoms with Gasteiger partial charge in [-0.1, -0.05) is 35.7 Å². The molecule has 0 aliphatic rings. The van der Waals surface area contributed by atoms with E-state index in [1.165, 1.54) is 7.11 Å². The predicted molar refractivity (Wildman–Crippen MR) is 75.3 cm³/mol. The van der Waals surface area contributed by atoms with Gasteiger partial charge in [0.1, 0.15) is 5.25 Å². The molecule has 2 nitrogen and oxygen atoms in total. The van der Waals surface area contributed by atoms with E-state index in [4.69, 9.17) is 4.74 Å². The third-order valence-electron chi connectivity index (χ3n) is 2.38. The maximum Gasteiger partial charge on any atom is 0.319 e. The molecular weight excluding hydrogens is 300 g/mol. The van der Waals surface area contributed by atoms with Crippen LogP contribution < -0.4 is 0 Å². The number of hydrogen-bond donors (Lipinski definition) is 0. The van der Waals surface area contributed by atoms with E-state index in [1.54, 1.807) is 11.8 Å². The second-order valence-electron chi connectivity index (χ2n) is 3.73. The molecule has 0 heterocycles. The molecule has 1 aromatic carbocycles. The summed E-state index contributed by atoms with van der Waals surface area (Å²) in [6, 6.07) is 7.99. The van der Waals surface area contributed by atoms with Crippen molar-refractivity contribution in [3.63, 3.8) is 0 Å². The minimum Gasteiger partial charge on any atom is -0.468 e. The van der Waals surface area contributed by atoms with Crippen LogP contribution in [0.25, 0.3) is 0 Å². The van der Waals surface area contributed by atoms with Gasteiger partial charge in [0.2, 0.25) is 0 Å². The number of methoxy groups -OCH3 is 1. The molecule has 4 heteroatoms. The molecule has 0 saturated heterocycles. The van der Waals surface area contributed by atoms with Crippen molar-refractivity contribution in [1.82, 2.24) is 0 Å². The first-order valence-corrected chi connectivity index (χ1v) is 7.34. The molecule has 0 aliphatic heterocycles. The number of carbonyl (C=O) groups is 1. The summed E-state index contributed by atoms with van der Waals surface area (Å²) < 4.78 is 5.88. The summed E-state index contributed by atoms with van der Waals surface area (Å²) in [4.78, 5) is 12.7. The van der Waals surface area contributed by atoms with Crippen molar-refractivity contribution >= 4 is 33.7 Å². The van der Waals surface area contributed by atoms with Gasteiger partial charge in [-0.05, 0) is 30.7 Å². The van der Waals surface area contributed by atoms with Gasteiger partial charge < -0.3 is 4.74 Å². The fourth-order valence-electron chi connectivity index (χ4n) is 1.42. The average molecular weight is 317 g/mol. The number of benzene rings is 1. The normalized spacial score (nSPS) is 12.2. The van der Waals surface area contributed by atoms with Crippen LogP contribution in [0.4, 0.5) is 0 Å². The lowest BCUT2D eigenvalue weighted by Crippen LogP contribution is -2.18. The summed E-state index contributed by atoms with van der Waals surface area (Å²) in [6.07, 6.45) is 3.00. The summed E-state index contributed by atoms with van der Waals surface area (Å²) >= 11 is 4.97. The average Bonchev–Trinajstić information content (AvgIpc) is 2.36. The first-order valence-electron chi connectivity index (χ1n) is 5.67. The Kier molecular flexibility index (Phi) is 6.66. The largest absolute Gasteiger partial charge is 0.468 e. The summed E-state index contributed by atoms with van der Waals surface area (Å²) in [5.74, 6) is -0.133. The van der Waals surface area contributed by atoms with Gasteiger partial charge in [0.15, 0.2) is 0 Å². The fourth-order valence-corrected chi connectivity index (χ4v) is 2.79. The van der Waals surface area contributed by atoms with Crippen molar-refractivity contribution in [2.24, 2.45) is 0 Å². The lowest BCUT2D eigenvalue weighted by molar-refractivity contribution is -0.140. The second-order valence-corrected chi connectivity index (χ2v) is 5.92. The van der Waals surface area contributed by atoms with Gasteiger partial charge in [-0.3, -0.25) is 4.79 Å². The van der Waals surface area contributed by atoms with Crippen LogP contribution in [-0.2, 0) is 9.53 Å². The number of ether oxygens (including phenoxy) is 1. The van der Waals surface area contributed by atoms with E-state index in [2.05, 4.69) is 22.9 Å². The Morgan fingerprint density at radius 2 is 2.06 bits per heavy atom. The summed E-state index contributed by atoms with van der Waals surface area (Å²) in [5, 5.41) is -0.0962. The van der Waals surface area contributed by atoms with E-state index in [0.717, 1.165) is 28.6 Å². The topological polar surface area (TPSA) is 26.3 Å². The number of thioether (sulfide) groups is 1. The zero-order valence-corrected chi connectivity index (χ0v) is 12.5. The van der Waals surface area contributed by atoms with Crippen molar-refractivity contribution in [3.8, 4) is 0 Å². The summed E-state index contributed by atoms with van der Waals surface area (Å²) in [5.41, 5.74) is 0. The molecule has 0 amide bonds. The Bertz CT molecular complexity index is 351. The number of unbranched alkanes of at least 4 members (excludes halogenated alkanes) is 1. The van der Waals surface area contributed by atoms with E-state index in [0.29, 0.717) is 0 Å². The van der Waals surface area contributed by atoms with Gasteiger partial charge in [-0.15, -0.1) is 11.8 Å². The minimum absolute atomic E-state index is 0.0962. The van der Waals surface area contributed by atoms with Gasteiger partial charge in [0.05, 0.1) is 7.11 Å². The number of rotatable bonds is 6. The molecule has 1 unspecified atom stereocenters. The van der Waals surface area contributed by atoms with E-state index >= 15 is 0 Å². The molecule has 1 atom stereocenters. The SMILES string of the molecule is CCCCC(Sc1ccc(Br)cc1)C(=O)OC. The molecule has 0 aliphatic carbocycles. The standard InChI is InChI=1S/C13H17BrO2S/c1-3-4-5-12(13(15)16-2)17-11-8-6-10(14)7-9-11/h6-9,12H,3-5H2,1-2H3. The molecule has 0 aromatic heterocycles. The van der Waals surface area contributed by atoms with Crippen LogP contribution >= 0.6 is 27.7 Å². The number of carbonyl (C=O) groups excluding carboxylic acids is 1. The molecule has 17 heavy (non-hydrogen) atoms. The summed E-state index contributed by atoms with van der Waals surface area (Å²) in [6.45, 7) is 2.12. The van der Waals surface area contributed by atoms with Gasteiger partial charge in [-0.25, -0.2) is 0 Å². The van der Waals surface area contributed by atoms with Gasteiger partial charge in [0.25, 0.3) is 0 Å². The first kappa shape index (κ1) is 14.6. The van der Waals surface area contributed by atoms with Gasteiger partial charge in [-0.2, -0.15) is 0 Å². The first-order chi connectivity index (χ1) is 8.17. The van der Waals surface area contributed by atoms with Crippen LogP contribution in [0.15, 0.2) is 33.6 Å². The van der Waals surface area contributed by atoms with Crippen LogP contribution in [0.1, 0.15) is 26.2 Å². The molecule has 0 saturated carbocycles. The Hall–Kier alpha value is -0.480. The van der Waals surface area contributed by atoms with Crippen LogP contribution in [0.2, 0.25) is 0 Å². The molecule has 0 N–H and O–H groups in total. The van der Waals surface area contributed by atoms with Crippen molar-refractivity contribution < 1.29 is 9.53 Å². The third-order valence-corrected chi connectivity index (χ3v) is 4.16. The Morgan fingerprint density at radius 3 is 2.59 bits per heavy atom. The van der Waals surface area contributed by atoms with Crippen molar-refractivity contribution in [1.29, 1.82) is 0 Å². The van der Waals surface area contributed by atoms with E-state index in [1.807, 2.05) is 24.3 Å². The van der Waals surface area contributed by atoms with Crippen molar-refractivity contribution in [2.45, 2.75) is 36.3 Å². The molecule has 0 fully saturated rings. The van der Waals surface area contributed by atoms with Crippen LogP contribution in [0.5, 0.6) is 0 Å². The molecule has 94 valence electrons. The van der Waals surface area contributed by atoms with E-state index in [-0.39, 0.29) is 11.2 Å². The second kappa shape index (κ2) is 7.77. The fraction of sp³-hybridized carbons (Fsp3) is 0.462. The maximum absolute atomic E-state index is 11.6.